The summed E-state index contributed by atoms with van der Waals surface area (Å²) in [5.74, 6) is -1.64. The van der Waals surface area contributed by atoms with Crippen LogP contribution in [0.4, 0.5) is 0 Å². The van der Waals surface area contributed by atoms with Gasteiger partial charge >= 0.3 is 5.91 Å². The van der Waals surface area contributed by atoms with Crippen LogP contribution in [0, 0.1) is 11.8 Å². The molecule has 3 fully saturated rings. The second kappa shape index (κ2) is 11.9. The van der Waals surface area contributed by atoms with E-state index in [9.17, 15) is 14.4 Å². The van der Waals surface area contributed by atoms with Gasteiger partial charge in [-0.25, -0.2) is 5.43 Å². The summed E-state index contributed by atoms with van der Waals surface area (Å²) < 4.78 is 5.42. The molecule has 2 saturated heterocycles. The van der Waals surface area contributed by atoms with Crippen molar-refractivity contribution in [3.05, 3.63) is 0 Å². The Hall–Kier alpha value is -1.61. The van der Waals surface area contributed by atoms with E-state index in [1.807, 2.05) is 6.92 Å². The van der Waals surface area contributed by atoms with E-state index in [1.54, 1.807) is 11.8 Å². The van der Waals surface area contributed by atoms with Gasteiger partial charge in [0, 0.05) is 37.5 Å². The number of ketones is 1. The Bertz CT molecular complexity index is 672. The zero-order valence-electron chi connectivity index (χ0n) is 18.7. The molecule has 1 saturated carbocycles. The fourth-order valence-electron chi connectivity index (χ4n) is 4.60. The molecule has 31 heavy (non-hydrogen) atoms. The number of ether oxygens (including phenoxy) is 1. The SMILES string of the molecule is CCN1C[C@@H](C)S/C1=N\NC(=O)C(=O)C(NC(=O)C1CCCCCC1)C1CCOCC1. The van der Waals surface area contributed by atoms with E-state index in [0.29, 0.717) is 31.3 Å². The Balaban J connectivity index is 1.66. The number of nitrogens with zero attached hydrogens (tertiary/aromatic N) is 2. The van der Waals surface area contributed by atoms with Gasteiger partial charge in [-0.1, -0.05) is 44.4 Å². The second-order valence-electron chi connectivity index (χ2n) is 8.79. The van der Waals surface area contributed by atoms with Crippen LogP contribution in [0.5, 0.6) is 0 Å². The van der Waals surface area contributed by atoms with E-state index in [1.165, 1.54) is 0 Å². The molecule has 2 amide bonds. The highest BCUT2D eigenvalue weighted by Gasteiger charge is 2.36. The summed E-state index contributed by atoms with van der Waals surface area (Å²) in [4.78, 5) is 40.8. The van der Waals surface area contributed by atoms with E-state index >= 15 is 0 Å². The van der Waals surface area contributed by atoms with Crippen LogP contribution < -0.4 is 10.7 Å². The van der Waals surface area contributed by atoms with Crippen LogP contribution in [0.25, 0.3) is 0 Å². The summed E-state index contributed by atoms with van der Waals surface area (Å²) in [6.07, 6.45) is 7.39. The molecule has 174 valence electrons. The number of Topliss-reactive ketones (excluding diaryl/α,β-unsaturated/α-hetero) is 1. The number of amides is 2. The van der Waals surface area contributed by atoms with Crippen molar-refractivity contribution in [3.63, 3.8) is 0 Å². The maximum absolute atomic E-state index is 13.1. The lowest BCUT2D eigenvalue weighted by atomic mass is 9.87. The van der Waals surface area contributed by atoms with Gasteiger partial charge in [-0.05, 0) is 38.5 Å². The normalized spacial score (nSPS) is 25.8. The largest absolute Gasteiger partial charge is 0.381 e. The van der Waals surface area contributed by atoms with Crippen molar-refractivity contribution in [2.24, 2.45) is 16.9 Å². The van der Waals surface area contributed by atoms with Crippen molar-refractivity contribution in [2.45, 2.75) is 76.5 Å². The maximum Gasteiger partial charge on any atom is 0.309 e. The minimum absolute atomic E-state index is 0.0737. The van der Waals surface area contributed by atoms with Gasteiger partial charge in [0.2, 0.25) is 11.7 Å². The molecule has 0 radical (unpaired) electrons. The number of hydrogen-bond acceptors (Lipinski definition) is 6. The molecule has 2 heterocycles. The number of rotatable bonds is 7. The molecule has 0 aromatic carbocycles. The molecule has 2 N–H and O–H groups in total. The van der Waals surface area contributed by atoms with Gasteiger partial charge in [0.05, 0.1) is 0 Å². The molecule has 2 aliphatic heterocycles. The molecule has 1 aliphatic carbocycles. The third kappa shape index (κ3) is 6.68. The first-order valence-corrected chi connectivity index (χ1v) is 12.6. The van der Waals surface area contributed by atoms with Crippen molar-refractivity contribution in [1.82, 2.24) is 15.6 Å². The predicted molar refractivity (Wildman–Crippen MR) is 122 cm³/mol. The minimum Gasteiger partial charge on any atom is -0.381 e. The summed E-state index contributed by atoms with van der Waals surface area (Å²) in [7, 11) is 0. The quantitative estimate of drug-likeness (QED) is 0.349. The van der Waals surface area contributed by atoms with Crippen LogP contribution in [0.1, 0.15) is 65.2 Å². The van der Waals surface area contributed by atoms with Gasteiger partial charge in [-0.3, -0.25) is 14.4 Å². The number of hydrazone groups is 1. The van der Waals surface area contributed by atoms with Crippen LogP contribution in [-0.4, -0.2) is 65.3 Å². The Kier molecular flexibility index (Phi) is 9.19. The van der Waals surface area contributed by atoms with Crippen LogP contribution in [0.3, 0.4) is 0 Å². The Labute approximate surface area is 189 Å². The summed E-state index contributed by atoms with van der Waals surface area (Å²) in [6, 6.07) is -0.822. The Morgan fingerprint density at radius 2 is 1.81 bits per heavy atom. The fraction of sp³-hybridized carbons (Fsp3) is 0.818. The molecule has 3 rings (SSSR count). The van der Waals surface area contributed by atoms with Crippen LogP contribution >= 0.6 is 11.8 Å². The molecule has 2 atom stereocenters. The second-order valence-corrected chi connectivity index (χ2v) is 10.2. The molecule has 0 aromatic heterocycles. The average molecular weight is 453 g/mol. The molecule has 3 aliphatic rings. The smallest absolute Gasteiger partial charge is 0.309 e. The summed E-state index contributed by atoms with van der Waals surface area (Å²) in [5, 5.41) is 8.27. The van der Waals surface area contributed by atoms with Crippen molar-refractivity contribution in [2.75, 3.05) is 26.3 Å². The van der Waals surface area contributed by atoms with Gasteiger partial charge in [0.25, 0.3) is 0 Å². The van der Waals surface area contributed by atoms with Crippen molar-refractivity contribution < 1.29 is 19.1 Å². The first-order valence-electron chi connectivity index (χ1n) is 11.7. The Morgan fingerprint density at radius 3 is 2.45 bits per heavy atom. The highest BCUT2D eigenvalue weighted by atomic mass is 32.2. The van der Waals surface area contributed by atoms with Gasteiger partial charge in [-0.2, -0.15) is 0 Å². The minimum atomic E-state index is -0.822. The van der Waals surface area contributed by atoms with E-state index in [4.69, 9.17) is 4.74 Å². The molecule has 0 aromatic rings. The number of amidine groups is 1. The van der Waals surface area contributed by atoms with Crippen molar-refractivity contribution in [3.8, 4) is 0 Å². The molecule has 0 spiro atoms. The number of thioether (sulfide) groups is 1. The third-order valence-corrected chi connectivity index (χ3v) is 7.57. The summed E-state index contributed by atoms with van der Waals surface area (Å²) >= 11 is 1.58. The third-order valence-electron chi connectivity index (χ3n) is 6.46. The van der Waals surface area contributed by atoms with E-state index in [-0.39, 0.29) is 17.7 Å². The van der Waals surface area contributed by atoms with Gasteiger partial charge in [0.15, 0.2) is 5.17 Å². The molecule has 0 bridgehead atoms. The van der Waals surface area contributed by atoms with Gasteiger partial charge in [-0.15, -0.1) is 5.10 Å². The van der Waals surface area contributed by atoms with Crippen LogP contribution in [0.15, 0.2) is 5.10 Å². The lowest BCUT2D eigenvalue weighted by molar-refractivity contribution is -0.142. The zero-order valence-corrected chi connectivity index (χ0v) is 19.5. The van der Waals surface area contributed by atoms with Crippen molar-refractivity contribution >= 4 is 34.5 Å². The van der Waals surface area contributed by atoms with Gasteiger partial charge < -0.3 is 15.0 Å². The first kappa shape index (κ1) is 24.0. The van der Waals surface area contributed by atoms with Crippen LogP contribution in [0.2, 0.25) is 0 Å². The number of carbonyl (C=O) groups is 3. The molecular weight excluding hydrogens is 416 g/mol. The highest BCUT2D eigenvalue weighted by Crippen LogP contribution is 2.26. The van der Waals surface area contributed by atoms with Crippen LogP contribution in [-0.2, 0) is 19.1 Å². The molecule has 1 unspecified atom stereocenters. The van der Waals surface area contributed by atoms with Gasteiger partial charge in [0.1, 0.15) is 6.04 Å². The molecule has 8 nitrogen and oxygen atoms in total. The molecule has 9 heteroatoms. The number of carbonyl (C=O) groups excluding carboxylic acids is 3. The van der Waals surface area contributed by atoms with Crippen molar-refractivity contribution in [1.29, 1.82) is 0 Å². The number of nitrogens with one attached hydrogen (secondary N) is 2. The molecular formula is C22H36N4O4S. The standard InChI is InChI=1S/C22H36N4O4S/c1-3-26-14-15(2)31-22(26)25-24-21(29)19(27)18(16-10-12-30-13-11-16)23-20(28)17-8-6-4-5-7-9-17/h15-18H,3-14H2,1-2H3,(H,23,28)(H,24,29)/b25-22-/t15-,18?/m1/s1. The van der Waals surface area contributed by atoms with E-state index < -0.39 is 17.7 Å². The predicted octanol–water partition coefficient (Wildman–Crippen LogP) is 2.28. The number of hydrogen-bond donors (Lipinski definition) is 2. The topological polar surface area (TPSA) is 100 Å². The highest BCUT2D eigenvalue weighted by molar-refractivity contribution is 8.14. The van der Waals surface area contributed by atoms with E-state index in [2.05, 4.69) is 27.7 Å². The lowest BCUT2D eigenvalue weighted by Gasteiger charge is -2.30. The van der Waals surface area contributed by atoms with E-state index in [0.717, 1.165) is 56.8 Å². The summed E-state index contributed by atoms with van der Waals surface area (Å²) in [6.45, 7) is 6.88. The maximum atomic E-state index is 13.1. The summed E-state index contributed by atoms with van der Waals surface area (Å²) in [5.41, 5.74) is 2.45. The first-order chi connectivity index (χ1) is 15.0. The Morgan fingerprint density at radius 1 is 1.13 bits per heavy atom. The average Bonchev–Trinajstić information content (AvgIpc) is 2.96. The zero-order chi connectivity index (χ0) is 22.2. The monoisotopic (exact) mass is 452 g/mol. The lowest BCUT2D eigenvalue weighted by Crippen LogP contribution is -2.53. The fourth-order valence-corrected chi connectivity index (χ4v) is 5.66.